The van der Waals surface area contributed by atoms with E-state index in [0.717, 1.165) is 83.8 Å². The average molecular weight is 801 g/mol. The standard InChI is InChI=1S/C52H80O6/c1-6-10-14-18-22-26-36-55-48-34-31-43(41-50(48)57-38-28-24-20-16-12-8-3)46-33-30-45(52(53)54-5)40-47(46)44-32-35-49(56-37-27-23-19-15-11-7-2)51(42-44)58-39-29-25-21-17-13-9-4/h30-35,40-42H,6-29,36-39H2,1-5H3. The molecule has 3 rings (SSSR count). The molecule has 0 bridgehead atoms. The van der Waals surface area contributed by atoms with Crippen molar-refractivity contribution < 1.29 is 28.5 Å². The monoisotopic (exact) mass is 801 g/mol. The maximum Gasteiger partial charge on any atom is 0.337 e. The third-order valence-electron chi connectivity index (χ3n) is 11.0. The Morgan fingerprint density at radius 2 is 0.724 bits per heavy atom. The van der Waals surface area contributed by atoms with Crippen LogP contribution in [-0.4, -0.2) is 39.5 Å². The van der Waals surface area contributed by atoms with Crippen molar-refractivity contribution >= 4 is 5.97 Å². The largest absolute Gasteiger partial charge is 0.490 e. The Morgan fingerprint density at radius 3 is 1.10 bits per heavy atom. The van der Waals surface area contributed by atoms with Crippen LogP contribution in [0.5, 0.6) is 23.0 Å². The van der Waals surface area contributed by atoms with Crippen LogP contribution in [0.4, 0.5) is 0 Å². The summed E-state index contributed by atoms with van der Waals surface area (Å²) in [5.74, 6) is 2.70. The zero-order chi connectivity index (χ0) is 41.5. The molecule has 0 fully saturated rings. The van der Waals surface area contributed by atoms with Gasteiger partial charge in [0, 0.05) is 0 Å². The molecule has 0 aromatic heterocycles. The summed E-state index contributed by atoms with van der Waals surface area (Å²) in [6.45, 7) is 11.6. The first kappa shape index (κ1) is 48.7. The van der Waals surface area contributed by atoms with E-state index in [1.54, 1.807) is 0 Å². The molecule has 0 saturated carbocycles. The van der Waals surface area contributed by atoms with Gasteiger partial charge in [0.25, 0.3) is 0 Å². The van der Waals surface area contributed by atoms with Gasteiger partial charge in [0.1, 0.15) is 0 Å². The van der Waals surface area contributed by atoms with E-state index in [-0.39, 0.29) is 5.97 Å². The van der Waals surface area contributed by atoms with E-state index < -0.39 is 0 Å². The summed E-state index contributed by atoms with van der Waals surface area (Å²) in [4.78, 5) is 12.9. The quantitative estimate of drug-likeness (QED) is 0.0436. The number of carbonyl (C=O) groups excluding carboxylic acids is 1. The number of benzene rings is 3. The van der Waals surface area contributed by atoms with Crippen molar-refractivity contribution in [1.82, 2.24) is 0 Å². The Balaban J connectivity index is 1.93. The van der Waals surface area contributed by atoms with Gasteiger partial charge in [0.05, 0.1) is 39.1 Å². The molecule has 324 valence electrons. The number of carbonyl (C=O) groups is 1. The van der Waals surface area contributed by atoms with E-state index in [9.17, 15) is 4.79 Å². The van der Waals surface area contributed by atoms with E-state index in [2.05, 4.69) is 58.0 Å². The minimum atomic E-state index is -0.368. The Hall–Kier alpha value is -3.67. The zero-order valence-corrected chi connectivity index (χ0v) is 37.4. The third-order valence-corrected chi connectivity index (χ3v) is 11.0. The van der Waals surface area contributed by atoms with Gasteiger partial charge in [-0.2, -0.15) is 0 Å². The lowest BCUT2D eigenvalue weighted by atomic mass is 9.92. The minimum Gasteiger partial charge on any atom is -0.490 e. The molecule has 3 aromatic carbocycles. The number of hydrogen-bond donors (Lipinski definition) is 0. The molecule has 0 aliphatic heterocycles. The van der Waals surface area contributed by atoms with Crippen molar-refractivity contribution in [2.45, 2.75) is 182 Å². The Bertz CT molecular complexity index is 1520. The second-order valence-corrected chi connectivity index (χ2v) is 16.0. The van der Waals surface area contributed by atoms with E-state index >= 15 is 0 Å². The SMILES string of the molecule is CCCCCCCCOc1ccc(-c2ccc(C(=O)OC)cc2-c2ccc(OCCCCCCCC)c(OCCCCCCCC)c2)cc1OCCCCCCCC. The third kappa shape index (κ3) is 18.9. The summed E-state index contributed by atoms with van der Waals surface area (Å²) in [5, 5.41) is 0. The van der Waals surface area contributed by atoms with Gasteiger partial charge in [-0.3, -0.25) is 0 Å². The van der Waals surface area contributed by atoms with Crippen LogP contribution >= 0.6 is 0 Å². The molecule has 58 heavy (non-hydrogen) atoms. The average Bonchev–Trinajstić information content (AvgIpc) is 3.25. The van der Waals surface area contributed by atoms with Crippen molar-refractivity contribution in [1.29, 1.82) is 0 Å². The van der Waals surface area contributed by atoms with Gasteiger partial charge in [-0.25, -0.2) is 4.79 Å². The number of hydrogen-bond acceptors (Lipinski definition) is 6. The topological polar surface area (TPSA) is 63.2 Å². The molecule has 0 radical (unpaired) electrons. The number of methoxy groups -OCH3 is 1. The highest BCUT2D eigenvalue weighted by molar-refractivity contribution is 5.95. The van der Waals surface area contributed by atoms with E-state index in [1.807, 2.05) is 24.3 Å². The highest BCUT2D eigenvalue weighted by Crippen LogP contribution is 2.41. The van der Waals surface area contributed by atoms with Crippen molar-refractivity contribution in [3.05, 3.63) is 60.2 Å². The Morgan fingerprint density at radius 1 is 0.379 bits per heavy atom. The van der Waals surface area contributed by atoms with E-state index in [4.69, 9.17) is 23.7 Å². The van der Waals surface area contributed by atoms with E-state index in [0.29, 0.717) is 32.0 Å². The summed E-state index contributed by atoms with van der Waals surface area (Å²) in [6.07, 6.45) is 29.0. The van der Waals surface area contributed by atoms with Gasteiger partial charge in [-0.1, -0.05) is 174 Å². The predicted molar refractivity (Wildman–Crippen MR) is 244 cm³/mol. The molecule has 0 saturated heterocycles. The van der Waals surface area contributed by atoms with Gasteiger partial charge in [-0.15, -0.1) is 0 Å². The smallest absolute Gasteiger partial charge is 0.337 e. The van der Waals surface area contributed by atoms with Crippen LogP contribution in [-0.2, 0) is 4.74 Å². The molecular formula is C52H80O6. The maximum atomic E-state index is 12.9. The van der Waals surface area contributed by atoms with E-state index in [1.165, 1.54) is 123 Å². The molecule has 0 aliphatic carbocycles. The second-order valence-electron chi connectivity index (χ2n) is 16.0. The Kier molecular flexibility index (Phi) is 26.3. The molecule has 0 amide bonds. The fraction of sp³-hybridized carbons (Fsp3) is 0.635. The molecule has 0 N–H and O–H groups in total. The first-order valence-corrected chi connectivity index (χ1v) is 23.6. The van der Waals surface area contributed by atoms with Crippen molar-refractivity contribution in [3.8, 4) is 45.3 Å². The molecule has 0 atom stereocenters. The van der Waals surface area contributed by atoms with Crippen LogP contribution in [0.15, 0.2) is 54.6 Å². The van der Waals surface area contributed by atoms with Crippen LogP contribution in [0.3, 0.4) is 0 Å². The summed E-state index contributed by atoms with van der Waals surface area (Å²) in [6, 6.07) is 18.3. The number of rotatable bonds is 35. The van der Waals surface area contributed by atoms with Crippen LogP contribution in [0.2, 0.25) is 0 Å². The Labute approximate surface area is 354 Å². The first-order chi connectivity index (χ1) is 28.6. The summed E-state index contributed by atoms with van der Waals surface area (Å²) in [7, 11) is 1.43. The first-order valence-electron chi connectivity index (χ1n) is 23.6. The molecule has 3 aromatic rings. The molecular weight excluding hydrogens is 721 g/mol. The summed E-state index contributed by atoms with van der Waals surface area (Å²) >= 11 is 0. The molecule has 0 aliphatic rings. The molecule has 0 heterocycles. The second kappa shape index (κ2) is 31.3. The predicted octanol–water partition coefficient (Wildman–Crippen LogP) is 15.8. The highest BCUT2D eigenvalue weighted by atomic mass is 16.5. The lowest BCUT2D eigenvalue weighted by Gasteiger charge is -2.18. The minimum absolute atomic E-state index is 0.368. The fourth-order valence-electron chi connectivity index (χ4n) is 7.35. The zero-order valence-electron chi connectivity index (χ0n) is 37.4. The number of unbranched alkanes of at least 4 members (excludes halogenated alkanes) is 20. The van der Waals surface area contributed by atoms with Gasteiger partial charge < -0.3 is 23.7 Å². The lowest BCUT2D eigenvalue weighted by Crippen LogP contribution is -2.04. The van der Waals surface area contributed by atoms with Crippen molar-refractivity contribution in [2.24, 2.45) is 0 Å². The summed E-state index contributed by atoms with van der Waals surface area (Å²) in [5.41, 5.74) is 4.34. The fourth-order valence-corrected chi connectivity index (χ4v) is 7.35. The van der Waals surface area contributed by atoms with Crippen LogP contribution in [0.1, 0.15) is 192 Å². The van der Waals surface area contributed by atoms with Gasteiger partial charge in [-0.05, 0) is 84.3 Å². The molecule has 0 unspecified atom stereocenters. The number of esters is 1. The summed E-state index contributed by atoms with van der Waals surface area (Å²) < 4.78 is 30.9. The van der Waals surface area contributed by atoms with Crippen molar-refractivity contribution in [3.63, 3.8) is 0 Å². The van der Waals surface area contributed by atoms with Crippen LogP contribution in [0, 0.1) is 0 Å². The van der Waals surface area contributed by atoms with Gasteiger partial charge >= 0.3 is 5.97 Å². The van der Waals surface area contributed by atoms with Crippen LogP contribution < -0.4 is 18.9 Å². The van der Waals surface area contributed by atoms with Gasteiger partial charge in [0.2, 0.25) is 0 Å². The van der Waals surface area contributed by atoms with Crippen molar-refractivity contribution in [2.75, 3.05) is 33.5 Å². The number of ether oxygens (including phenoxy) is 5. The van der Waals surface area contributed by atoms with Crippen LogP contribution in [0.25, 0.3) is 22.3 Å². The molecule has 6 nitrogen and oxygen atoms in total. The molecule has 6 heteroatoms. The van der Waals surface area contributed by atoms with Gasteiger partial charge in [0.15, 0.2) is 23.0 Å². The maximum absolute atomic E-state index is 12.9. The highest BCUT2D eigenvalue weighted by Gasteiger charge is 2.18. The normalized spacial score (nSPS) is 11.1. The molecule has 0 spiro atoms. The lowest BCUT2D eigenvalue weighted by molar-refractivity contribution is 0.0600.